The second-order valence-corrected chi connectivity index (χ2v) is 5.03. The van der Waals surface area contributed by atoms with Crippen molar-refractivity contribution in [1.29, 1.82) is 0 Å². The van der Waals surface area contributed by atoms with Crippen LogP contribution in [0.1, 0.15) is 43.8 Å². The fourth-order valence-corrected chi connectivity index (χ4v) is 2.90. The van der Waals surface area contributed by atoms with E-state index in [9.17, 15) is 0 Å². The Hall–Kier alpha value is -0.770. The van der Waals surface area contributed by atoms with Crippen LogP contribution in [0.5, 0.6) is 0 Å². The van der Waals surface area contributed by atoms with Crippen LogP contribution in [0.4, 0.5) is 5.82 Å². The van der Waals surface area contributed by atoms with Crippen LogP contribution >= 0.6 is 11.8 Å². The molecule has 0 bridgehead atoms. The van der Waals surface area contributed by atoms with Gasteiger partial charge in [-0.05, 0) is 13.3 Å². The van der Waals surface area contributed by atoms with Gasteiger partial charge < -0.3 is 5.32 Å². The number of nitrogens with one attached hydrogen (secondary N) is 1. The summed E-state index contributed by atoms with van der Waals surface area (Å²) in [6, 6.07) is 0. The predicted molar refractivity (Wildman–Crippen MR) is 69.8 cm³/mol. The van der Waals surface area contributed by atoms with Crippen molar-refractivity contribution in [2.75, 3.05) is 11.9 Å². The monoisotopic (exact) mass is 237 g/mol. The minimum Gasteiger partial charge on any atom is -0.370 e. The molecule has 1 aliphatic rings. The first-order valence-corrected chi connectivity index (χ1v) is 7.20. The highest BCUT2D eigenvalue weighted by Gasteiger charge is 2.19. The lowest BCUT2D eigenvalue weighted by Gasteiger charge is -2.10. The van der Waals surface area contributed by atoms with Crippen molar-refractivity contribution in [2.45, 2.75) is 44.6 Å². The number of anilines is 1. The predicted octanol–water partition coefficient (Wildman–Crippen LogP) is 3.00. The second-order valence-electron chi connectivity index (χ2n) is 4.04. The van der Waals surface area contributed by atoms with Gasteiger partial charge in [0.1, 0.15) is 11.6 Å². The first kappa shape index (κ1) is 11.7. The van der Waals surface area contributed by atoms with Gasteiger partial charge in [0.25, 0.3) is 0 Å². The average Bonchev–Trinajstić information content (AvgIpc) is 2.75. The molecule has 0 amide bonds. The highest BCUT2D eigenvalue weighted by atomic mass is 32.2. The zero-order valence-electron chi connectivity index (χ0n) is 10.0. The molecule has 0 fully saturated rings. The third kappa shape index (κ3) is 2.48. The Morgan fingerprint density at radius 1 is 1.25 bits per heavy atom. The fraction of sp³-hybridized carbons (Fsp3) is 0.667. The molecule has 0 unspecified atom stereocenters. The molecule has 0 saturated carbocycles. The Morgan fingerprint density at radius 3 is 2.88 bits per heavy atom. The third-order valence-electron chi connectivity index (χ3n) is 2.72. The number of unbranched alkanes of at least 4 members (excludes halogenated alkanes) is 1. The number of aromatic nitrogens is 2. The van der Waals surface area contributed by atoms with Gasteiger partial charge in [0.05, 0.1) is 5.69 Å². The molecule has 1 aromatic rings. The molecule has 1 N–H and O–H groups in total. The van der Waals surface area contributed by atoms with Crippen molar-refractivity contribution in [2.24, 2.45) is 0 Å². The molecular formula is C12H19N3S. The van der Waals surface area contributed by atoms with Crippen molar-refractivity contribution in [3.63, 3.8) is 0 Å². The van der Waals surface area contributed by atoms with Gasteiger partial charge in [0.15, 0.2) is 0 Å². The Balaban J connectivity index is 2.24. The number of thioether (sulfide) groups is 1. The first-order valence-electron chi connectivity index (χ1n) is 6.05. The lowest BCUT2D eigenvalue weighted by atomic mass is 10.2. The van der Waals surface area contributed by atoms with E-state index in [0.29, 0.717) is 0 Å². The van der Waals surface area contributed by atoms with Crippen LogP contribution in [0.15, 0.2) is 0 Å². The largest absolute Gasteiger partial charge is 0.370 e. The van der Waals surface area contributed by atoms with Crippen molar-refractivity contribution in [1.82, 2.24) is 9.97 Å². The number of hydrogen-bond donors (Lipinski definition) is 1. The van der Waals surface area contributed by atoms with E-state index in [1.54, 1.807) is 0 Å². The van der Waals surface area contributed by atoms with Crippen molar-refractivity contribution < 1.29 is 0 Å². The van der Waals surface area contributed by atoms with Crippen LogP contribution in [0, 0.1) is 0 Å². The number of nitrogens with zero attached hydrogens (tertiary/aromatic N) is 2. The van der Waals surface area contributed by atoms with Gasteiger partial charge in [0.2, 0.25) is 0 Å². The van der Waals surface area contributed by atoms with E-state index in [2.05, 4.69) is 29.1 Å². The molecule has 1 aromatic heterocycles. The van der Waals surface area contributed by atoms with E-state index in [1.807, 2.05) is 11.8 Å². The number of aryl methyl sites for hydroxylation is 1. The smallest absolute Gasteiger partial charge is 0.134 e. The van der Waals surface area contributed by atoms with E-state index < -0.39 is 0 Å². The van der Waals surface area contributed by atoms with E-state index in [1.165, 1.54) is 24.1 Å². The molecule has 1 aliphatic heterocycles. The Labute approximate surface area is 101 Å². The summed E-state index contributed by atoms with van der Waals surface area (Å²) < 4.78 is 0. The number of hydrogen-bond acceptors (Lipinski definition) is 4. The van der Waals surface area contributed by atoms with Crippen LogP contribution in [0.25, 0.3) is 0 Å². The lowest BCUT2D eigenvalue weighted by molar-refractivity contribution is 0.746. The van der Waals surface area contributed by atoms with Crippen LogP contribution in [-0.2, 0) is 17.9 Å². The lowest BCUT2D eigenvalue weighted by Crippen LogP contribution is -2.08. The van der Waals surface area contributed by atoms with Gasteiger partial charge in [-0.15, -0.1) is 0 Å². The maximum absolute atomic E-state index is 4.66. The zero-order chi connectivity index (χ0) is 11.4. The van der Waals surface area contributed by atoms with Gasteiger partial charge in [-0.3, -0.25) is 0 Å². The Bertz CT molecular complexity index is 366. The maximum Gasteiger partial charge on any atom is 0.134 e. The molecule has 4 heteroatoms. The highest BCUT2D eigenvalue weighted by Crippen LogP contribution is 2.32. The van der Waals surface area contributed by atoms with Gasteiger partial charge >= 0.3 is 0 Å². The molecule has 0 aliphatic carbocycles. The zero-order valence-corrected chi connectivity index (χ0v) is 10.9. The SMILES string of the molecule is CCCCc1nc2c(c(NCC)n1)CSC2. The number of fused-ring (bicyclic) bond motifs is 1. The second kappa shape index (κ2) is 5.53. The van der Waals surface area contributed by atoms with Gasteiger partial charge in [-0.2, -0.15) is 11.8 Å². The standard InChI is InChI=1S/C12H19N3S/c1-3-5-6-11-14-10-8-16-7-9(10)12(15-11)13-4-2/h3-8H2,1-2H3,(H,13,14,15). The van der Waals surface area contributed by atoms with Crippen LogP contribution in [-0.4, -0.2) is 16.5 Å². The topological polar surface area (TPSA) is 37.8 Å². The van der Waals surface area contributed by atoms with Gasteiger partial charge in [0, 0.05) is 30.0 Å². The summed E-state index contributed by atoms with van der Waals surface area (Å²) in [5.41, 5.74) is 2.58. The molecular weight excluding hydrogens is 218 g/mol. The molecule has 0 aromatic carbocycles. The normalized spacial score (nSPS) is 13.9. The van der Waals surface area contributed by atoms with Crippen molar-refractivity contribution in [3.05, 3.63) is 17.1 Å². The first-order chi connectivity index (χ1) is 7.85. The van der Waals surface area contributed by atoms with Crippen LogP contribution in [0.2, 0.25) is 0 Å². The highest BCUT2D eigenvalue weighted by molar-refractivity contribution is 7.98. The van der Waals surface area contributed by atoms with Crippen molar-refractivity contribution >= 4 is 17.6 Å². The average molecular weight is 237 g/mol. The molecule has 3 nitrogen and oxygen atoms in total. The quantitative estimate of drug-likeness (QED) is 0.854. The summed E-state index contributed by atoms with van der Waals surface area (Å²) in [7, 11) is 0. The molecule has 0 atom stereocenters. The minimum absolute atomic E-state index is 0.932. The van der Waals surface area contributed by atoms with E-state index >= 15 is 0 Å². The Morgan fingerprint density at radius 2 is 2.12 bits per heavy atom. The third-order valence-corrected chi connectivity index (χ3v) is 3.69. The summed E-state index contributed by atoms with van der Waals surface area (Å²) in [6.45, 7) is 5.25. The summed E-state index contributed by atoms with van der Waals surface area (Å²) in [5.74, 6) is 4.20. The molecule has 0 radical (unpaired) electrons. The van der Waals surface area contributed by atoms with Crippen molar-refractivity contribution in [3.8, 4) is 0 Å². The van der Waals surface area contributed by atoms with Gasteiger partial charge in [-0.1, -0.05) is 13.3 Å². The fourth-order valence-electron chi connectivity index (χ4n) is 1.86. The molecule has 0 spiro atoms. The summed E-state index contributed by atoms with van der Waals surface area (Å²) in [4.78, 5) is 9.30. The Kier molecular flexibility index (Phi) is 4.04. The minimum atomic E-state index is 0.932. The molecule has 88 valence electrons. The summed E-state index contributed by atoms with van der Waals surface area (Å²) in [5, 5.41) is 3.36. The van der Waals surface area contributed by atoms with E-state index in [4.69, 9.17) is 0 Å². The van der Waals surface area contributed by atoms with Crippen LogP contribution < -0.4 is 5.32 Å². The summed E-state index contributed by atoms with van der Waals surface area (Å²) >= 11 is 1.93. The molecule has 0 saturated heterocycles. The van der Waals surface area contributed by atoms with E-state index in [0.717, 1.165) is 36.1 Å². The van der Waals surface area contributed by atoms with Crippen LogP contribution in [0.3, 0.4) is 0 Å². The molecule has 16 heavy (non-hydrogen) atoms. The van der Waals surface area contributed by atoms with E-state index in [-0.39, 0.29) is 0 Å². The molecule has 2 rings (SSSR count). The summed E-state index contributed by atoms with van der Waals surface area (Å²) in [6.07, 6.45) is 3.38. The number of rotatable bonds is 5. The van der Waals surface area contributed by atoms with Gasteiger partial charge in [-0.25, -0.2) is 9.97 Å². The maximum atomic E-state index is 4.66. The molecule has 2 heterocycles.